The quantitative estimate of drug-likeness (QED) is 0.600. The van der Waals surface area contributed by atoms with Gasteiger partial charge in [0.05, 0.1) is 24.8 Å². The number of hydrogen-bond donors (Lipinski definition) is 2. The molecule has 0 aliphatic carbocycles. The van der Waals surface area contributed by atoms with E-state index in [1.165, 1.54) is 11.4 Å². The van der Waals surface area contributed by atoms with E-state index in [-0.39, 0.29) is 4.90 Å². The SMILES string of the molecule is COc1ccc(CCNC(=S)Nc2cc(S(=O)(=O)N3CCCC3)ccc2OC)cc1. The molecule has 0 spiro atoms. The van der Waals surface area contributed by atoms with E-state index in [1.807, 2.05) is 24.3 Å². The molecule has 30 heavy (non-hydrogen) atoms. The second-order valence-corrected chi connectivity index (χ2v) is 9.30. The maximum atomic E-state index is 12.8. The zero-order chi connectivity index (χ0) is 21.6. The number of rotatable bonds is 8. The summed E-state index contributed by atoms with van der Waals surface area (Å²) in [7, 11) is -0.341. The van der Waals surface area contributed by atoms with Crippen molar-refractivity contribution >= 4 is 33.0 Å². The van der Waals surface area contributed by atoms with Crippen LogP contribution in [0.25, 0.3) is 0 Å². The van der Waals surface area contributed by atoms with Crippen LogP contribution >= 0.6 is 12.2 Å². The third kappa shape index (κ3) is 5.41. The molecule has 162 valence electrons. The van der Waals surface area contributed by atoms with E-state index in [0.29, 0.717) is 36.2 Å². The van der Waals surface area contributed by atoms with Crippen LogP contribution in [0.15, 0.2) is 47.4 Å². The summed E-state index contributed by atoms with van der Waals surface area (Å²) < 4.78 is 37.7. The fourth-order valence-electron chi connectivity index (χ4n) is 3.30. The molecular formula is C21H27N3O4S2. The Morgan fingerprint density at radius 1 is 1.07 bits per heavy atom. The maximum Gasteiger partial charge on any atom is 0.243 e. The number of anilines is 1. The van der Waals surface area contributed by atoms with Crippen molar-refractivity contribution in [1.29, 1.82) is 0 Å². The summed E-state index contributed by atoms with van der Waals surface area (Å²) >= 11 is 5.38. The van der Waals surface area contributed by atoms with Crippen LogP contribution in [0.1, 0.15) is 18.4 Å². The topological polar surface area (TPSA) is 79.9 Å². The van der Waals surface area contributed by atoms with Crippen molar-refractivity contribution in [3.05, 3.63) is 48.0 Å². The number of methoxy groups -OCH3 is 2. The lowest BCUT2D eigenvalue weighted by molar-refractivity contribution is 0.414. The van der Waals surface area contributed by atoms with E-state index in [0.717, 1.165) is 30.6 Å². The van der Waals surface area contributed by atoms with E-state index in [4.69, 9.17) is 21.7 Å². The standard InChI is InChI=1S/C21H27N3O4S2/c1-27-17-7-5-16(6-8-17)11-12-22-21(29)23-19-15-18(9-10-20(19)28-2)30(25,26)24-13-3-4-14-24/h5-10,15H,3-4,11-14H2,1-2H3,(H2,22,23,29). The molecule has 0 radical (unpaired) electrons. The van der Waals surface area contributed by atoms with Crippen LogP contribution in [0.4, 0.5) is 5.69 Å². The van der Waals surface area contributed by atoms with Gasteiger partial charge in [0.25, 0.3) is 0 Å². The highest BCUT2D eigenvalue weighted by atomic mass is 32.2. The first-order valence-corrected chi connectivity index (χ1v) is 11.6. The van der Waals surface area contributed by atoms with E-state index < -0.39 is 10.0 Å². The summed E-state index contributed by atoms with van der Waals surface area (Å²) in [5, 5.41) is 6.61. The normalized spacial score (nSPS) is 14.3. The molecule has 0 bridgehead atoms. The average Bonchev–Trinajstić information content (AvgIpc) is 3.30. The van der Waals surface area contributed by atoms with Gasteiger partial charge in [0.2, 0.25) is 10.0 Å². The van der Waals surface area contributed by atoms with E-state index >= 15 is 0 Å². The van der Waals surface area contributed by atoms with Crippen LogP contribution in [0.5, 0.6) is 11.5 Å². The first-order valence-electron chi connectivity index (χ1n) is 9.80. The van der Waals surface area contributed by atoms with Crippen LogP contribution in [0.2, 0.25) is 0 Å². The summed E-state index contributed by atoms with van der Waals surface area (Å²) in [6.07, 6.45) is 2.57. The zero-order valence-electron chi connectivity index (χ0n) is 17.2. The Hall–Kier alpha value is -2.36. The Bertz CT molecular complexity index is 972. The second-order valence-electron chi connectivity index (χ2n) is 6.95. The van der Waals surface area contributed by atoms with Gasteiger partial charge in [0.15, 0.2) is 5.11 Å². The number of benzene rings is 2. The molecule has 0 saturated carbocycles. The number of sulfonamides is 1. The largest absolute Gasteiger partial charge is 0.497 e. The fraction of sp³-hybridized carbons (Fsp3) is 0.381. The highest BCUT2D eigenvalue weighted by Crippen LogP contribution is 2.30. The van der Waals surface area contributed by atoms with Gasteiger partial charge in [0, 0.05) is 19.6 Å². The van der Waals surface area contributed by atoms with Gasteiger partial charge in [-0.05, 0) is 67.4 Å². The summed E-state index contributed by atoms with van der Waals surface area (Å²) in [5.74, 6) is 1.34. The van der Waals surface area contributed by atoms with Crippen molar-refractivity contribution in [3.8, 4) is 11.5 Å². The van der Waals surface area contributed by atoms with Crippen molar-refractivity contribution in [2.45, 2.75) is 24.2 Å². The first kappa shape index (κ1) is 22.3. The Morgan fingerprint density at radius 2 is 1.77 bits per heavy atom. The lowest BCUT2D eigenvalue weighted by atomic mass is 10.1. The average molecular weight is 450 g/mol. The molecule has 2 N–H and O–H groups in total. The lowest BCUT2D eigenvalue weighted by Crippen LogP contribution is -2.31. The summed E-state index contributed by atoms with van der Waals surface area (Å²) in [5.41, 5.74) is 1.67. The minimum absolute atomic E-state index is 0.230. The molecule has 1 fully saturated rings. The van der Waals surface area contributed by atoms with Gasteiger partial charge >= 0.3 is 0 Å². The number of nitrogens with zero attached hydrogens (tertiary/aromatic N) is 1. The molecule has 1 aliphatic heterocycles. The molecular weight excluding hydrogens is 422 g/mol. The van der Waals surface area contributed by atoms with Crippen LogP contribution in [0, 0.1) is 0 Å². The van der Waals surface area contributed by atoms with Crippen molar-refractivity contribution < 1.29 is 17.9 Å². The third-order valence-electron chi connectivity index (χ3n) is 4.98. The molecule has 7 nitrogen and oxygen atoms in total. The highest BCUT2D eigenvalue weighted by Gasteiger charge is 2.27. The summed E-state index contributed by atoms with van der Waals surface area (Å²) in [6.45, 7) is 1.75. The monoisotopic (exact) mass is 449 g/mol. The third-order valence-corrected chi connectivity index (χ3v) is 7.12. The van der Waals surface area contributed by atoms with Gasteiger partial charge in [-0.2, -0.15) is 4.31 Å². The molecule has 0 unspecified atom stereocenters. The number of ether oxygens (including phenoxy) is 2. The van der Waals surface area contributed by atoms with E-state index in [2.05, 4.69) is 10.6 Å². The molecule has 1 heterocycles. The predicted molar refractivity (Wildman–Crippen MR) is 122 cm³/mol. The smallest absolute Gasteiger partial charge is 0.243 e. The lowest BCUT2D eigenvalue weighted by Gasteiger charge is -2.18. The molecule has 3 rings (SSSR count). The molecule has 0 amide bonds. The second kappa shape index (κ2) is 10.1. The first-order chi connectivity index (χ1) is 14.4. The van der Waals surface area contributed by atoms with Gasteiger partial charge < -0.3 is 20.1 Å². The number of thiocarbonyl (C=S) groups is 1. The molecule has 9 heteroatoms. The van der Waals surface area contributed by atoms with Crippen molar-refractivity contribution in [2.75, 3.05) is 39.2 Å². The molecule has 2 aromatic carbocycles. The Morgan fingerprint density at radius 3 is 2.40 bits per heavy atom. The molecule has 0 atom stereocenters. The van der Waals surface area contributed by atoms with Gasteiger partial charge in [-0.25, -0.2) is 8.42 Å². The number of nitrogens with one attached hydrogen (secondary N) is 2. The van der Waals surface area contributed by atoms with Crippen molar-refractivity contribution in [2.24, 2.45) is 0 Å². The van der Waals surface area contributed by atoms with Gasteiger partial charge in [-0.15, -0.1) is 0 Å². The van der Waals surface area contributed by atoms with Crippen LogP contribution < -0.4 is 20.1 Å². The van der Waals surface area contributed by atoms with E-state index in [9.17, 15) is 8.42 Å². The van der Waals surface area contributed by atoms with Crippen LogP contribution in [-0.4, -0.2) is 51.7 Å². The molecule has 2 aromatic rings. The van der Waals surface area contributed by atoms with Crippen molar-refractivity contribution in [3.63, 3.8) is 0 Å². The highest BCUT2D eigenvalue weighted by molar-refractivity contribution is 7.89. The predicted octanol–water partition coefficient (Wildman–Crippen LogP) is 3.02. The molecule has 0 aromatic heterocycles. The number of hydrogen-bond acceptors (Lipinski definition) is 5. The molecule has 1 aliphatic rings. The minimum atomic E-state index is -3.52. The Kier molecular flexibility index (Phi) is 7.52. The minimum Gasteiger partial charge on any atom is -0.497 e. The van der Waals surface area contributed by atoms with Gasteiger partial charge in [-0.3, -0.25) is 0 Å². The van der Waals surface area contributed by atoms with Gasteiger partial charge in [-0.1, -0.05) is 12.1 Å². The van der Waals surface area contributed by atoms with Crippen LogP contribution in [0.3, 0.4) is 0 Å². The Balaban J connectivity index is 1.63. The maximum absolute atomic E-state index is 12.8. The zero-order valence-corrected chi connectivity index (χ0v) is 18.8. The summed E-state index contributed by atoms with van der Waals surface area (Å²) in [4.78, 5) is 0.230. The van der Waals surface area contributed by atoms with Gasteiger partial charge in [0.1, 0.15) is 11.5 Å². The van der Waals surface area contributed by atoms with Crippen LogP contribution in [-0.2, 0) is 16.4 Å². The Labute approximate surface area is 183 Å². The fourth-order valence-corrected chi connectivity index (χ4v) is 5.06. The van der Waals surface area contributed by atoms with E-state index in [1.54, 1.807) is 25.3 Å². The summed E-state index contributed by atoms with van der Waals surface area (Å²) in [6, 6.07) is 12.6. The molecule has 1 saturated heterocycles. The van der Waals surface area contributed by atoms with Crippen molar-refractivity contribution in [1.82, 2.24) is 9.62 Å².